The van der Waals surface area contributed by atoms with Crippen LogP contribution in [-0.4, -0.2) is 34.9 Å². The van der Waals surface area contributed by atoms with Crippen LogP contribution in [0, 0.1) is 11.3 Å². The molecule has 1 amide bonds. The van der Waals surface area contributed by atoms with Crippen molar-refractivity contribution in [3.63, 3.8) is 0 Å². The molecule has 0 aromatic carbocycles. The van der Waals surface area contributed by atoms with Crippen LogP contribution in [0.25, 0.3) is 0 Å². The van der Waals surface area contributed by atoms with Crippen LogP contribution in [-0.2, 0) is 9.53 Å². The zero-order valence-corrected chi connectivity index (χ0v) is 13.1. The maximum atomic E-state index is 12.6. The molecule has 1 saturated carbocycles. The lowest BCUT2D eigenvalue weighted by Crippen LogP contribution is -2.79. The van der Waals surface area contributed by atoms with Gasteiger partial charge in [0.15, 0.2) is 10.9 Å². The van der Waals surface area contributed by atoms with Gasteiger partial charge in [-0.1, -0.05) is 13.8 Å². The van der Waals surface area contributed by atoms with Crippen LogP contribution < -0.4 is 11.1 Å². The maximum absolute atomic E-state index is 12.6. The molecule has 1 aromatic heterocycles. The van der Waals surface area contributed by atoms with Gasteiger partial charge in [0, 0.05) is 30.2 Å². The number of ketones is 1. The van der Waals surface area contributed by atoms with Crippen molar-refractivity contribution in [3.8, 4) is 0 Å². The minimum Gasteiger partial charge on any atom is -0.377 e. The summed E-state index contributed by atoms with van der Waals surface area (Å²) in [6.45, 7) is 6.02. The molecular weight excluding hydrogens is 290 g/mol. The van der Waals surface area contributed by atoms with Crippen molar-refractivity contribution in [2.45, 2.75) is 38.8 Å². The zero-order chi connectivity index (χ0) is 15.4. The van der Waals surface area contributed by atoms with Crippen molar-refractivity contribution >= 4 is 28.2 Å². The summed E-state index contributed by atoms with van der Waals surface area (Å²) in [5, 5.41) is 4.81. The normalized spacial score (nSPS) is 33.1. The second-order valence-electron chi connectivity index (χ2n) is 6.33. The van der Waals surface area contributed by atoms with Crippen LogP contribution in [0.1, 0.15) is 37.7 Å². The Morgan fingerprint density at radius 1 is 1.52 bits per heavy atom. The first-order chi connectivity index (χ1) is 9.78. The van der Waals surface area contributed by atoms with Crippen LogP contribution in [0.15, 0.2) is 5.38 Å². The second kappa shape index (κ2) is 4.59. The molecule has 1 aliphatic heterocycles. The summed E-state index contributed by atoms with van der Waals surface area (Å²) in [6.07, 6.45) is 0.839. The third-order valence-corrected chi connectivity index (χ3v) is 5.67. The molecule has 0 bridgehead atoms. The van der Waals surface area contributed by atoms with E-state index in [1.54, 1.807) is 5.38 Å². The monoisotopic (exact) mass is 309 g/mol. The van der Waals surface area contributed by atoms with Gasteiger partial charge in [-0.25, -0.2) is 4.98 Å². The average Bonchev–Trinajstić information content (AvgIpc) is 3.05. The molecule has 1 aromatic rings. The molecule has 3 unspecified atom stereocenters. The number of fused-ring (bicyclic) bond motifs is 1. The molecule has 6 nitrogen and oxygen atoms in total. The number of amides is 1. The first-order valence-corrected chi connectivity index (χ1v) is 7.85. The molecule has 3 rings (SSSR count). The number of rotatable bonds is 3. The number of anilines is 1. The van der Waals surface area contributed by atoms with Crippen molar-refractivity contribution in [1.82, 2.24) is 4.98 Å². The molecule has 1 aliphatic carbocycles. The first kappa shape index (κ1) is 14.6. The maximum Gasteiger partial charge on any atom is 0.247 e. The quantitative estimate of drug-likeness (QED) is 0.824. The molecule has 114 valence electrons. The van der Waals surface area contributed by atoms with E-state index in [1.807, 2.05) is 13.8 Å². The van der Waals surface area contributed by atoms with Crippen molar-refractivity contribution in [1.29, 1.82) is 0 Å². The number of hydrogen-bond donors (Lipinski definition) is 2. The van der Waals surface area contributed by atoms with Crippen LogP contribution in [0.3, 0.4) is 0 Å². The van der Waals surface area contributed by atoms with E-state index in [0.717, 1.165) is 6.42 Å². The number of aromatic nitrogens is 1. The van der Waals surface area contributed by atoms with E-state index in [-0.39, 0.29) is 23.7 Å². The van der Waals surface area contributed by atoms with E-state index >= 15 is 0 Å². The van der Waals surface area contributed by atoms with E-state index in [2.05, 4.69) is 10.3 Å². The predicted molar refractivity (Wildman–Crippen MR) is 79.3 cm³/mol. The number of nitrogens with zero attached hydrogens (tertiary/aromatic N) is 1. The Bertz CT molecular complexity index is 612. The lowest BCUT2D eigenvalue weighted by Gasteiger charge is -2.60. The molecule has 0 spiro atoms. The van der Waals surface area contributed by atoms with Crippen molar-refractivity contribution < 1.29 is 14.3 Å². The largest absolute Gasteiger partial charge is 0.377 e. The number of hydrogen-bond acceptors (Lipinski definition) is 6. The summed E-state index contributed by atoms with van der Waals surface area (Å²) >= 11 is 1.23. The third kappa shape index (κ3) is 1.88. The number of thiazole rings is 1. The summed E-state index contributed by atoms with van der Waals surface area (Å²) < 4.78 is 5.68. The topological polar surface area (TPSA) is 94.3 Å². The Hall–Kier alpha value is -1.31. The Labute approximate surface area is 127 Å². The fourth-order valence-corrected chi connectivity index (χ4v) is 4.28. The fourth-order valence-electron chi connectivity index (χ4n) is 3.54. The number of nitrogens with two attached hydrogens (primary N) is 1. The second-order valence-corrected chi connectivity index (χ2v) is 7.18. The molecule has 2 fully saturated rings. The number of carbonyl (C=O) groups excluding carboxylic acids is 2. The van der Waals surface area contributed by atoms with E-state index in [4.69, 9.17) is 10.5 Å². The first-order valence-electron chi connectivity index (χ1n) is 6.97. The van der Waals surface area contributed by atoms with Crippen LogP contribution in [0.4, 0.5) is 5.13 Å². The van der Waals surface area contributed by atoms with Gasteiger partial charge in [0.1, 0.15) is 11.2 Å². The fraction of sp³-hybridized carbons (Fsp3) is 0.643. The van der Waals surface area contributed by atoms with E-state index in [9.17, 15) is 9.59 Å². The molecule has 2 heterocycles. The summed E-state index contributed by atoms with van der Waals surface area (Å²) in [5.41, 5.74) is 5.42. The Morgan fingerprint density at radius 2 is 2.24 bits per heavy atom. The number of ether oxygens (including phenoxy) is 1. The molecule has 7 heteroatoms. The smallest absolute Gasteiger partial charge is 0.247 e. The Morgan fingerprint density at radius 3 is 2.86 bits per heavy atom. The number of Topliss-reactive ketones (excluding diaryl/α,β-unsaturated/α-hetero) is 1. The van der Waals surface area contributed by atoms with Crippen LogP contribution >= 0.6 is 11.3 Å². The van der Waals surface area contributed by atoms with Gasteiger partial charge < -0.3 is 15.8 Å². The van der Waals surface area contributed by atoms with Crippen LogP contribution in [0.5, 0.6) is 0 Å². The summed E-state index contributed by atoms with van der Waals surface area (Å²) in [4.78, 5) is 28.0. The minimum absolute atomic E-state index is 0.0392. The number of carbonyl (C=O) groups is 2. The van der Waals surface area contributed by atoms with Gasteiger partial charge in [0.2, 0.25) is 5.91 Å². The highest BCUT2D eigenvalue weighted by molar-refractivity contribution is 7.14. The Balaban J connectivity index is 1.80. The SMILES string of the molecule is CC(=O)c1csc(NC(=O)C2(N)C3CCOC3C2(C)C)n1. The molecule has 1 saturated heterocycles. The van der Waals surface area contributed by atoms with Gasteiger partial charge in [-0.05, 0) is 6.42 Å². The summed E-state index contributed by atoms with van der Waals surface area (Å²) in [6, 6.07) is 0. The summed E-state index contributed by atoms with van der Waals surface area (Å²) in [7, 11) is 0. The molecule has 3 N–H and O–H groups in total. The highest BCUT2D eigenvalue weighted by atomic mass is 32.1. The zero-order valence-electron chi connectivity index (χ0n) is 12.3. The molecule has 0 radical (unpaired) electrons. The molecule has 21 heavy (non-hydrogen) atoms. The van der Waals surface area contributed by atoms with E-state index < -0.39 is 11.0 Å². The molecular formula is C14H19N3O3S. The standard InChI is InChI=1S/C14H19N3O3S/c1-7(18)9-6-21-12(16-9)17-11(19)14(15)8-4-5-20-10(8)13(14,2)3/h6,8,10H,4-5,15H2,1-3H3,(H,16,17,19). The highest BCUT2D eigenvalue weighted by Gasteiger charge is 2.71. The third-order valence-electron chi connectivity index (χ3n) is 4.92. The summed E-state index contributed by atoms with van der Waals surface area (Å²) in [5.74, 6) is -0.328. The van der Waals surface area contributed by atoms with Gasteiger partial charge in [-0.15, -0.1) is 11.3 Å². The lowest BCUT2D eigenvalue weighted by atomic mass is 9.48. The highest BCUT2D eigenvalue weighted by Crippen LogP contribution is 2.58. The van der Waals surface area contributed by atoms with Gasteiger partial charge >= 0.3 is 0 Å². The van der Waals surface area contributed by atoms with Gasteiger partial charge in [-0.3, -0.25) is 9.59 Å². The predicted octanol–water partition coefficient (Wildman–Crippen LogP) is 1.43. The minimum atomic E-state index is -0.962. The lowest BCUT2D eigenvalue weighted by molar-refractivity contribution is -0.170. The van der Waals surface area contributed by atoms with Crippen molar-refractivity contribution in [2.24, 2.45) is 17.1 Å². The number of nitrogens with one attached hydrogen (secondary N) is 1. The van der Waals surface area contributed by atoms with E-state index in [1.165, 1.54) is 18.3 Å². The average molecular weight is 309 g/mol. The van der Waals surface area contributed by atoms with E-state index in [0.29, 0.717) is 17.4 Å². The molecule has 3 atom stereocenters. The van der Waals surface area contributed by atoms with Crippen molar-refractivity contribution in [2.75, 3.05) is 11.9 Å². The molecule has 2 aliphatic rings. The van der Waals surface area contributed by atoms with Gasteiger partial charge in [-0.2, -0.15) is 0 Å². The van der Waals surface area contributed by atoms with Gasteiger partial charge in [0.25, 0.3) is 0 Å². The van der Waals surface area contributed by atoms with Crippen LogP contribution in [0.2, 0.25) is 0 Å². The van der Waals surface area contributed by atoms with Crippen molar-refractivity contribution in [3.05, 3.63) is 11.1 Å². The Kier molecular flexibility index (Phi) is 3.20. The van der Waals surface area contributed by atoms with Gasteiger partial charge in [0.05, 0.1) is 6.10 Å².